The van der Waals surface area contributed by atoms with Crippen molar-refractivity contribution in [2.75, 3.05) is 11.9 Å². The van der Waals surface area contributed by atoms with Crippen LogP contribution >= 0.6 is 0 Å². The molecule has 0 saturated carbocycles. The molecule has 3 rings (SSSR count). The maximum Gasteiger partial charge on any atom is 0.131 e. The summed E-state index contributed by atoms with van der Waals surface area (Å²) in [5.41, 5.74) is 2.66. The third kappa shape index (κ3) is 0.570. The largest absolute Gasteiger partial charge is 0.485 e. The molecule has 0 aliphatic carbocycles. The molecule has 0 saturated heterocycles. The van der Waals surface area contributed by atoms with E-state index in [-0.39, 0.29) is 0 Å². The van der Waals surface area contributed by atoms with Crippen LogP contribution in [0.25, 0.3) is 0 Å². The van der Waals surface area contributed by atoms with Gasteiger partial charge in [0.25, 0.3) is 0 Å². The van der Waals surface area contributed by atoms with Gasteiger partial charge in [-0.25, -0.2) is 0 Å². The summed E-state index contributed by atoms with van der Waals surface area (Å²) in [6, 6.07) is 6.18. The van der Waals surface area contributed by atoms with Gasteiger partial charge < -0.3 is 10.1 Å². The van der Waals surface area contributed by atoms with Crippen LogP contribution in [0.2, 0.25) is 0 Å². The van der Waals surface area contributed by atoms with Crippen LogP contribution in [0.4, 0.5) is 5.69 Å². The average Bonchev–Trinajstić information content (AvgIpc) is 2.01. The molecule has 0 fully saturated rings. The van der Waals surface area contributed by atoms with Gasteiger partial charge in [-0.2, -0.15) is 0 Å². The van der Waals surface area contributed by atoms with Gasteiger partial charge in [-0.1, -0.05) is 6.07 Å². The van der Waals surface area contributed by atoms with E-state index in [0.29, 0.717) is 6.10 Å². The molecule has 56 valence electrons. The van der Waals surface area contributed by atoms with E-state index >= 15 is 0 Å². The highest BCUT2D eigenvalue weighted by molar-refractivity contribution is 5.63. The van der Waals surface area contributed by atoms with Crippen LogP contribution in [0.1, 0.15) is 18.1 Å². The smallest absolute Gasteiger partial charge is 0.131 e. The highest BCUT2D eigenvalue weighted by Gasteiger charge is 2.33. The predicted molar refractivity (Wildman–Crippen MR) is 42.9 cm³/mol. The first-order valence-corrected chi connectivity index (χ1v) is 3.98. The fourth-order valence-corrected chi connectivity index (χ4v) is 1.83. The molecule has 1 atom stereocenters. The van der Waals surface area contributed by atoms with Crippen LogP contribution in [0, 0.1) is 0 Å². The molecule has 1 N–H and O–H groups in total. The lowest BCUT2D eigenvalue weighted by molar-refractivity contribution is 0.137. The van der Waals surface area contributed by atoms with Gasteiger partial charge in [-0.05, 0) is 12.1 Å². The summed E-state index contributed by atoms with van der Waals surface area (Å²) in [5.74, 6) is 1.07. The Hall–Kier alpha value is -1.18. The second-order valence-electron chi connectivity index (χ2n) is 3.04. The highest BCUT2D eigenvalue weighted by Crippen LogP contribution is 2.47. The molecule has 2 heteroatoms. The van der Waals surface area contributed by atoms with Gasteiger partial charge in [-0.3, -0.25) is 0 Å². The summed E-state index contributed by atoms with van der Waals surface area (Å²) in [5, 5.41) is 3.35. The number of anilines is 1. The van der Waals surface area contributed by atoms with E-state index in [4.69, 9.17) is 4.74 Å². The van der Waals surface area contributed by atoms with E-state index in [1.54, 1.807) is 0 Å². The van der Waals surface area contributed by atoms with Crippen molar-refractivity contribution in [1.82, 2.24) is 0 Å². The fourth-order valence-electron chi connectivity index (χ4n) is 1.83. The normalized spacial score (nSPS) is 24.2. The Morgan fingerprint density at radius 3 is 3.36 bits per heavy atom. The zero-order chi connectivity index (χ0) is 7.26. The minimum atomic E-state index is 0.391. The van der Waals surface area contributed by atoms with Gasteiger partial charge in [0.2, 0.25) is 0 Å². The lowest BCUT2D eigenvalue weighted by Crippen LogP contribution is -2.28. The molecule has 0 radical (unpaired) electrons. The van der Waals surface area contributed by atoms with Crippen LogP contribution in [-0.4, -0.2) is 6.54 Å². The minimum Gasteiger partial charge on any atom is -0.485 e. The lowest BCUT2D eigenvalue weighted by Gasteiger charge is -2.36. The van der Waals surface area contributed by atoms with Crippen molar-refractivity contribution in [2.45, 2.75) is 12.5 Å². The quantitative estimate of drug-likeness (QED) is 0.605. The van der Waals surface area contributed by atoms with Crippen molar-refractivity contribution in [3.05, 3.63) is 23.8 Å². The molecule has 1 aromatic rings. The van der Waals surface area contributed by atoms with Crippen LogP contribution < -0.4 is 10.1 Å². The SMILES string of the molecule is c1cc2c3c(c1)OC3CCN2. The van der Waals surface area contributed by atoms with Crippen LogP contribution in [0.5, 0.6) is 5.75 Å². The summed E-state index contributed by atoms with van der Waals surface area (Å²) < 4.78 is 5.53. The monoisotopic (exact) mass is 147 g/mol. The maximum absolute atomic E-state index is 5.53. The molecule has 0 amide bonds. The Labute approximate surface area is 65.2 Å². The number of hydrogen-bond acceptors (Lipinski definition) is 2. The number of rotatable bonds is 0. The maximum atomic E-state index is 5.53. The van der Waals surface area contributed by atoms with Crippen LogP contribution in [-0.2, 0) is 0 Å². The second-order valence-corrected chi connectivity index (χ2v) is 3.04. The van der Waals surface area contributed by atoms with E-state index in [2.05, 4.69) is 11.4 Å². The van der Waals surface area contributed by atoms with Gasteiger partial charge in [0.05, 0.1) is 5.56 Å². The van der Waals surface area contributed by atoms with E-state index < -0.39 is 0 Å². The Morgan fingerprint density at radius 2 is 2.45 bits per heavy atom. The highest BCUT2D eigenvalue weighted by atomic mass is 16.5. The predicted octanol–water partition coefficient (Wildman–Crippen LogP) is 1.94. The Kier molecular flexibility index (Phi) is 0.844. The Balaban J connectivity index is 2.23. The van der Waals surface area contributed by atoms with Gasteiger partial charge in [-0.15, -0.1) is 0 Å². The molecular weight excluding hydrogens is 138 g/mol. The van der Waals surface area contributed by atoms with Crippen LogP contribution in [0.15, 0.2) is 18.2 Å². The van der Waals surface area contributed by atoms with Crippen molar-refractivity contribution in [3.63, 3.8) is 0 Å². The zero-order valence-electron chi connectivity index (χ0n) is 6.13. The first-order valence-electron chi connectivity index (χ1n) is 3.98. The van der Waals surface area contributed by atoms with Gasteiger partial charge >= 0.3 is 0 Å². The van der Waals surface area contributed by atoms with Crippen molar-refractivity contribution < 1.29 is 4.74 Å². The average molecular weight is 147 g/mol. The molecule has 1 unspecified atom stereocenters. The summed E-state index contributed by atoms with van der Waals surface area (Å²) in [4.78, 5) is 0. The van der Waals surface area contributed by atoms with Crippen molar-refractivity contribution >= 4 is 5.69 Å². The number of nitrogens with one attached hydrogen (secondary N) is 1. The van der Waals surface area contributed by atoms with Crippen molar-refractivity contribution in [1.29, 1.82) is 0 Å². The first-order chi connectivity index (χ1) is 5.45. The number of hydrogen-bond donors (Lipinski definition) is 1. The summed E-state index contributed by atoms with van der Waals surface area (Å²) in [7, 11) is 0. The molecule has 0 aromatic heterocycles. The summed E-state index contributed by atoms with van der Waals surface area (Å²) in [6.45, 7) is 1.04. The Morgan fingerprint density at radius 1 is 1.45 bits per heavy atom. The fraction of sp³-hybridized carbons (Fsp3) is 0.333. The molecule has 11 heavy (non-hydrogen) atoms. The first kappa shape index (κ1) is 5.47. The number of ether oxygens (including phenoxy) is 1. The van der Waals surface area contributed by atoms with Gasteiger partial charge in [0.15, 0.2) is 0 Å². The summed E-state index contributed by atoms with van der Waals surface area (Å²) >= 11 is 0. The van der Waals surface area contributed by atoms with E-state index in [1.807, 2.05) is 12.1 Å². The summed E-state index contributed by atoms with van der Waals surface area (Å²) in [6.07, 6.45) is 1.51. The standard InChI is InChI=1S/C9H9NO/c1-2-6-9-7(3-1)11-8(9)4-5-10-6/h1-3,8,10H,4-5H2. The minimum absolute atomic E-state index is 0.391. The third-order valence-electron chi connectivity index (χ3n) is 2.38. The molecule has 0 spiro atoms. The molecule has 2 aliphatic rings. The van der Waals surface area contributed by atoms with E-state index in [1.165, 1.54) is 11.3 Å². The molecule has 2 nitrogen and oxygen atoms in total. The van der Waals surface area contributed by atoms with Crippen LogP contribution in [0.3, 0.4) is 0 Å². The molecular formula is C9H9NO. The Bertz CT molecular complexity index is 308. The topological polar surface area (TPSA) is 21.3 Å². The van der Waals surface area contributed by atoms with Crippen molar-refractivity contribution in [3.8, 4) is 5.75 Å². The molecule has 2 heterocycles. The van der Waals surface area contributed by atoms with Crippen molar-refractivity contribution in [2.24, 2.45) is 0 Å². The second kappa shape index (κ2) is 1.70. The van der Waals surface area contributed by atoms with E-state index in [9.17, 15) is 0 Å². The molecule has 0 bridgehead atoms. The third-order valence-corrected chi connectivity index (χ3v) is 2.38. The van der Waals surface area contributed by atoms with Gasteiger partial charge in [0, 0.05) is 18.7 Å². The lowest BCUT2D eigenvalue weighted by atomic mass is 9.95. The van der Waals surface area contributed by atoms with Gasteiger partial charge in [0.1, 0.15) is 11.9 Å². The zero-order valence-corrected chi connectivity index (χ0v) is 6.13. The number of benzene rings is 1. The molecule has 1 aromatic carbocycles. The van der Waals surface area contributed by atoms with E-state index in [0.717, 1.165) is 18.7 Å². The molecule has 2 aliphatic heterocycles.